The third-order valence-corrected chi connectivity index (χ3v) is 3.11. The summed E-state index contributed by atoms with van der Waals surface area (Å²) in [5.74, 6) is -0.465. The van der Waals surface area contributed by atoms with E-state index in [0.29, 0.717) is 24.3 Å². The van der Waals surface area contributed by atoms with Crippen LogP contribution < -0.4 is 4.90 Å². The molecule has 1 heterocycles. The predicted molar refractivity (Wildman–Crippen MR) is 68.6 cm³/mol. The number of Topliss-reactive ketones (excluding diaryl/α,β-unsaturated/α-hetero) is 1. The van der Waals surface area contributed by atoms with Gasteiger partial charge in [0.1, 0.15) is 5.82 Å². The number of halogens is 1. The number of ketones is 1. The van der Waals surface area contributed by atoms with Crippen molar-refractivity contribution < 1.29 is 13.9 Å². The summed E-state index contributed by atoms with van der Waals surface area (Å²) in [4.78, 5) is 13.2. The van der Waals surface area contributed by atoms with Gasteiger partial charge in [0.2, 0.25) is 0 Å². The van der Waals surface area contributed by atoms with Gasteiger partial charge in [0.25, 0.3) is 0 Å². The molecular weight excluding hydrogens is 233 g/mol. The summed E-state index contributed by atoms with van der Waals surface area (Å²) in [7, 11) is 0. The number of carbonyl (C=O) groups is 1. The molecule has 4 heteroatoms. The minimum atomic E-state index is -0.344. The molecule has 0 bridgehead atoms. The first kappa shape index (κ1) is 13.0. The van der Waals surface area contributed by atoms with Gasteiger partial charge in [-0.05, 0) is 39.0 Å². The van der Waals surface area contributed by atoms with E-state index in [9.17, 15) is 9.18 Å². The maximum atomic E-state index is 14.0. The standard InChI is InChI=1S/C14H18FNO2/c1-9-7-16(8-10(2)18-9)14-5-4-12(11(3)17)6-13(14)15/h4-6,9-10H,7-8H2,1-3H3/t9-,10+. The molecular formula is C14H18FNO2. The third-order valence-electron chi connectivity index (χ3n) is 3.11. The fourth-order valence-electron chi connectivity index (χ4n) is 2.36. The number of carbonyl (C=O) groups excluding carboxylic acids is 1. The Kier molecular flexibility index (Phi) is 3.66. The lowest BCUT2D eigenvalue weighted by molar-refractivity contribution is -0.00539. The molecule has 1 aliphatic heterocycles. The normalized spacial score (nSPS) is 24.1. The van der Waals surface area contributed by atoms with Crippen molar-refractivity contribution in [2.45, 2.75) is 33.0 Å². The van der Waals surface area contributed by atoms with E-state index in [-0.39, 0.29) is 23.8 Å². The molecule has 0 aliphatic carbocycles. The molecule has 0 spiro atoms. The molecule has 0 radical (unpaired) electrons. The van der Waals surface area contributed by atoms with Crippen LogP contribution in [0.2, 0.25) is 0 Å². The summed E-state index contributed by atoms with van der Waals surface area (Å²) in [6.07, 6.45) is 0.168. The van der Waals surface area contributed by atoms with E-state index in [1.165, 1.54) is 13.0 Å². The first-order valence-electron chi connectivity index (χ1n) is 6.18. The lowest BCUT2D eigenvalue weighted by atomic mass is 10.1. The van der Waals surface area contributed by atoms with Crippen LogP contribution in [-0.4, -0.2) is 31.1 Å². The zero-order valence-corrected chi connectivity index (χ0v) is 10.9. The maximum Gasteiger partial charge on any atom is 0.159 e. The second-order valence-electron chi connectivity index (χ2n) is 4.88. The van der Waals surface area contributed by atoms with E-state index in [2.05, 4.69) is 0 Å². The van der Waals surface area contributed by atoms with Crippen molar-refractivity contribution >= 4 is 11.5 Å². The highest BCUT2D eigenvalue weighted by atomic mass is 19.1. The summed E-state index contributed by atoms with van der Waals surface area (Å²) in [6.45, 7) is 6.73. The molecule has 1 saturated heterocycles. The predicted octanol–water partition coefficient (Wildman–Crippen LogP) is 2.64. The zero-order valence-electron chi connectivity index (χ0n) is 10.9. The van der Waals surface area contributed by atoms with Gasteiger partial charge >= 0.3 is 0 Å². The number of anilines is 1. The molecule has 2 atom stereocenters. The van der Waals surface area contributed by atoms with Crippen molar-refractivity contribution in [1.29, 1.82) is 0 Å². The number of ether oxygens (including phenoxy) is 1. The second kappa shape index (κ2) is 5.06. The Hall–Kier alpha value is -1.42. The van der Waals surface area contributed by atoms with Gasteiger partial charge in [0.05, 0.1) is 17.9 Å². The second-order valence-corrected chi connectivity index (χ2v) is 4.88. The lowest BCUT2D eigenvalue weighted by Crippen LogP contribution is -2.45. The van der Waals surface area contributed by atoms with Gasteiger partial charge in [0.15, 0.2) is 5.78 Å². The van der Waals surface area contributed by atoms with Gasteiger partial charge in [-0.1, -0.05) is 0 Å². The summed E-state index contributed by atoms with van der Waals surface area (Å²) in [6, 6.07) is 4.66. The molecule has 0 N–H and O–H groups in total. The fraction of sp³-hybridized carbons (Fsp3) is 0.500. The molecule has 1 fully saturated rings. The Morgan fingerprint density at radius 3 is 2.44 bits per heavy atom. The van der Waals surface area contributed by atoms with Crippen LogP contribution in [0.25, 0.3) is 0 Å². The molecule has 98 valence electrons. The van der Waals surface area contributed by atoms with E-state index in [1.807, 2.05) is 18.7 Å². The van der Waals surface area contributed by atoms with E-state index in [1.54, 1.807) is 12.1 Å². The van der Waals surface area contributed by atoms with Gasteiger partial charge in [-0.3, -0.25) is 4.79 Å². The van der Waals surface area contributed by atoms with Gasteiger partial charge in [-0.2, -0.15) is 0 Å². The van der Waals surface area contributed by atoms with E-state index in [4.69, 9.17) is 4.74 Å². The van der Waals surface area contributed by atoms with Crippen molar-refractivity contribution in [3.05, 3.63) is 29.6 Å². The molecule has 0 saturated carbocycles. The Morgan fingerprint density at radius 1 is 1.33 bits per heavy atom. The van der Waals surface area contributed by atoms with Crippen LogP contribution in [-0.2, 0) is 4.74 Å². The Balaban J connectivity index is 2.25. The monoisotopic (exact) mass is 251 g/mol. The zero-order chi connectivity index (χ0) is 13.3. The fourth-order valence-corrected chi connectivity index (χ4v) is 2.36. The smallest absolute Gasteiger partial charge is 0.159 e. The van der Waals surface area contributed by atoms with Crippen molar-refractivity contribution in [2.75, 3.05) is 18.0 Å². The molecule has 1 aromatic carbocycles. The minimum absolute atomic E-state index is 0.0839. The van der Waals surface area contributed by atoms with Gasteiger partial charge in [-0.15, -0.1) is 0 Å². The van der Waals surface area contributed by atoms with Crippen LogP contribution in [0, 0.1) is 5.82 Å². The molecule has 1 aliphatic rings. The van der Waals surface area contributed by atoms with Gasteiger partial charge in [-0.25, -0.2) is 4.39 Å². The molecule has 2 rings (SSSR count). The van der Waals surface area contributed by atoms with Crippen LogP contribution in [0.4, 0.5) is 10.1 Å². The highest BCUT2D eigenvalue weighted by Gasteiger charge is 2.24. The first-order chi connectivity index (χ1) is 8.47. The average molecular weight is 251 g/mol. The first-order valence-corrected chi connectivity index (χ1v) is 6.18. The Bertz CT molecular complexity index is 451. The maximum absolute atomic E-state index is 14.0. The van der Waals surface area contributed by atoms with Gasteiger partial charge < -0.3 is 9.64 Å². The Morgan fingerprint density at radius 2 is 1.94 bits per heavy atom. The van der Waals surface area contributed by atoms with Gasteiger partial charge in [0, 0.05) is 18.7 Å². The van der Waals surface area contributed by atoms with Crippen molar-refractivity contribution in [1.82, 2.24) is 0 Å². The molecule has 0 aromatic heterocycles. The number of hydrogen-bond acceptors (Lipinski definition) is 3. The summed E-state index contributed by atoms with van der Waals surface area (Å²) < 4.78 is 19.6. The van der Waals surface area contributed by atoms with E-state index >= 15 is 0 Å². The third kappa shape index (κ3) is 2.70. The topological polar surface area (TPSA) is 29.5 Å². The lowest BCUT2D eigenvalue weighted by Gasteiger charge is -2.37. The summed E-state index contributed by atoms with van der Waals surface area (Å²) in [5.41, 5.74) is 0.951. The van der Waals surface area contributed by atoms with E-state index in [0.717, 1.165) is 0 Å². The van der Waals surface area contributed by atoms with Crippen molar-refractivity contribution in [3.8, 4) is 0 Å². The van der Waals surface area contributed by atoms with Crippen LogP contribution in [0.15, 0.2) is 18.2 Å². The SMILES string of the molecule is CC(=O)c1ccc(N2C[C@@H](C)O[C@@H](C)C2)c(F)c1. The largest absolute Gasteiger partial charge is 0.372 e. The molecule has 18 heavy (non-hydrogen) atoms. The number of nitrogens with zero attached hydrogens (tertiary/aromatic N) is 1. The number of rotatable bonds is 2. The highest BCUT2D eigenvalue weighted by molar-refractivity contribution is 5.94. The summed E-state index contributed by atoms with van der Waals surface area (Å²) in [5, 5.41) is 0. The quantitative estimate of drug-likeness (QED) is 0.757. The minimum Gasteiger partial charge on any atom is -0.372 e. The van der Waals surface area contributed by atoms with E-state index < -0.39 is 0 Å². The Labute approximate surface area is 107 Å². The highest BCUT2D eigenvalue weighted by Crippen LogP contribution is 2.24. The molecule has 1 aromatic rings. The number of hydrogen-bond donors (Lipinski definition) is 0. The van der Waals surface area contributed by atoms with Crippen molar-refractivity contribution in [3.63, 3.8) is 0 Å². The average Bonchev–Trinajstić information content (AvgIpc) is 2.27. The van der Waals surface area contributed by atoms with Crippen LogP contribution in [0.3, 0.4) is 0 Å². The molecule has 0 amide bonds. The van der Waals surface area contributed by atoms with Crippen LogP contribution >= 0.6 is 0 Å². The number of benzene rings is 1. The van der Waals surface area contributed by atoms with Crippen LogP contribution in [0.5, 0.6) is 0 Å². The molecule has 0 unspecified atom stereocenters. The number of morpholine rings is 1. The van der Waals surface area contributed by atoms with Crippen molar-refractivity contribution in [2.24, 2.45) is 0 Å². The van der Waals surface area contributed by atoms with Crippen LogP contribution in [0.1, 0.15) is 31.1 Å². The summed E-state index contributed by atoms with van der Waals surface area (Å²) >= 11 is 0. The molecule has 3 nitrogen and oxygen atoms in total.